The zero-order valence-corrected chi connectivity index (χ0v) is 9.62. The van der Waals surface area contributed by atoms with Crippen LogP contribution in [0.25, 0.3) is 0 Å². The third-order valence-corrected chi connectivity index (χ3v) is 2.62. The number of hydrogen-bond acceptors (Lipinski definition) is 5. The molecule has 1 N–H and O–H groups in total. The summed E-state index contributed by atoms with van der Waals surface area (Å²) in [5.74, 6) is 0. The van der Waals surface area contributed by atoms with Gasteiger partial charge >= 0.3 is 0 Å². The molecular formula is C11H13N3O3. The quantitative estimate of drug-likeness (QED) is 0.627. The van der Waals surface area contributed by atoms with E-state index in [4.69, 9.17) is 10.4 Å². The van der Waals surface area contributed by atoms with Gasteiger partial charge in [0, 0.05) is 25.2 Å². The summed E-state index contributed by atoms with van der Waals surface area (Å²) >= 11 is 0. The number of nitrogens with zero attached hydrogens (tertiary/aromatic N) is 3. The van der Waals surface area contributed by atoms with Gasteiger partial charge < -0.3 is 10.0 Å². The number of anilines is 1. The number of rotatable bonds is 4. The molecule has 1 rings (SSSR count). The van der Waals surface area contributed by atoms with Crippen LogP contribution in [-0.4, -0.2) is 29.7 Å². The first-order valence-corrected chi connectivity index (χ1v) is 5.03. The van der Waals surface area contributed by atoms with Crippen LogP contribution in [0.4, 0.5) is 11.4 Å². The first-order valence-electron chi connectivity index (χ1n) is 5.03. The van der Waals surface area contributed by atoms with Crippen molar-refractivity contribution in [2.45, 2.75) is 13.0 Å². The van der Waals surface area contributed by atoms with Gasteiger partial charge in [0.15, 0.2) is 0 Å². The fourth-order valence-corrected chi connectivity index (χ4v) is 1.39. The number of likely N-dealkylation sites (N-methyl/N-ethyl adjacent to an activating group) is 1. The molecule has 0 aliphatic carbocycles. The number of nitriles is 1. The normalized spacial score (nSPS) is 11.6. The Labute approximate surface area is 98.9 Å². The van der Waals surface area contributed by atoms with Gasteiger partial charge in [-0.15, -0.1) is 0 Å². The molecule has 1 unspecified atom stereocenters. The Morgan fingerprint density at radius 3 is 2.76 bits per heavy atom. The molecule has 0 fully saturated rings. The van der Waals surface area contributed by atoms with Crippen LogP contribution in [0.3, 0.4) is 0 Å². The molecule has 90 valence electrons. The van der Waals surface area contributed by atoms with E-state index in [1.807, 2.05) is 6.07 Å². The highest BCUT2D eigenvalue weighted by molar-refractivity contribution is 5.63. The Kier molecular flexibility index (Phi) is 4.01. The van der Waals surface area contributed by atoms with Crippen molar-refractivity contribution in [3.8, 4) is 6.07 Å². The molecule has 0 bridgehead atoms. The standard InChI is InChI=1S/C11H13N3O3/c1-8(7-15)13(2)11-4-3-10(14(16)17)5-9(11)6-12/h3-5,8,15H,7H2,1-2H3. The highest BCUT2D eigenvalue weighted by atomic mass is 16.6. The third-order valence-electron chi connectivity index (χ3n) is 2.62. The molecular weight excluding hydrogens is 222 g/mol. The second-order valence-corrected chi connectivity index (χ2v) is 3.71. The third kappa shape index (κ3) is 2.71. The summed E-state index contributed by atoms with van der Waals surface area (Å²) in [6, 6.07) is 5.85. The summed E-state index contributed by atoms with van der Waals surface area (Å²) in [6.07, 6.45) is 0. The summed E-state index contributed by atoms with van der Waals surface area (Å²) in [5.41, 5.74) is 0.678. The average Bonchev–Trinajstić information content (AvgIpc) is 2.35. The lowest BCUT2D eigenvalue weighted by Gasteiger charge is -2.26. The largest absolute Gasteiger partial charge is 0.394 e. The number of aliphatic hydroxyl groups excluding tert-OH is 1. The molecule has 0 aliphatic heterocycles. The van der Waals surface area contributed by atoms with Crippen molar-refractivity contribution in [3.63, 3.8) is 0 Å². The van der Waals surface area contributed by atoms with Crippen LogP contribution >= 0.6 is 0 Å². The summed E-state index contributed by atoms with van der Waals surface area (Å²) < 4.78 is 0. The topological polar surface area (TPSA) is 90.4 Å². The minimum atomic E-state index is -0.542. The minimum absolute atomic E-state index is 0.0572. The molecule has 1 aromatic carbocycles. The molecule has 0 saturated carbocycles. The van der Waals surface area contributed by atoms with Crippen molar-refractivity contribution >= 4 is 11.4 Å². The highest BCUT2D eigenvalue weighted by Gasteiger charge is 2.16. The predicted molar refractivity (Wildman–Crippen MR) is 62.8 cm³/mol. The van der Waals surface area contributed by atoms with E-state index in [1.54, 1.807) is 18.9 Å². The summed E-state index contributed by atoms with van der Waals surface area (Å²) in [7, 11) is 1.73. The number of non-ortho nitro benzene ring substituents is 1. The fraction of sp³-hybridized carbons (Fsp3) is 0.364. The van der Waals surface area contributed by atoms with Crippen molar-refractivity contribution in [3.05, 3.63) is 33.9 Å². The Bertz CT molecular complexity index is 468. The summed E-state index contributed by atoms with van der Waals surface area (Å²) in [5, 5.41) is 28.6. The molecule has 17 heavy (non-hydrogen) atoms. The highest BCUT2D eigenvalue weighted by Crippen LogP contribution is 2.25. The summed E-state index contributed by atoms with van der Waals surface area (Å²) in [4.78, 5) is 11.8. The lowest BCUT2D eigenvalue weighted by molar-refractivity contribution is -0.384. The Hall–Kier alpha value is -2.13. The van der Waals surface area contributed by atoms with Crippen LogP contribution in [0.5, 0.6) is 0 Å². The second-order valence-electron chi connectivity index (χ2n) is 3.71. The van der Waals surface area contributed by atoms with Gasteiger partial charge in [0.25, 0.3) is 5.69 Å². The maximum absolute atomic E-state index is 10.6. The number of hydrogen-bond donors (Lipinski definition) is 1. The Morgan fingerprint density at radius 1 is 1.65 bits per heavy atom. The monoisotopic (exact) mass is 235 g/mol. The maximum Gasteiger partial charge on any atom is 0.270 e. The summed E-state index contributed by atoms with van der Waals surface area (Å²) in [6.45, 7) is 1.74. The van der Waals surface area contributed by atoms with E-state index in [9.17, 15) is 10.1 Å². The predicted octanol–water partition coefficient (Wildman–Crippen LogP) is 1.28. The van der Waals surface area contributed by atoms with E-state index < -0.39 is 4.92 Å². The maximum atomic E-state index is 10.6. The lowest BCUT2D eigenvalue weighted by atomic mass is 10.1. The van der Waals surface area contributed by atoms with Crippen molar-refractivity contribution < 1.29 is 10.0 Å². The molecule has 0 aromatic heterocycles. The minimum Gasteiger partial charge on any atom is -0.394 e. The van der Waals surface area contributed by atoms with E-state index in [2.05, 4.69) is 0 Å². The molecule has 6 heteroatoms. The van der Waals surface area contributed by atoms with Crippen molar-refractivity contribution in [2.75, 3.05) is 18.6 Å². The van der Waals surface area contributed by atoms with Crippen LogP contribution in [-0.2, 0) is 0 Å². The molecule has 1 atom stereocenters. The Balaban J connectivity index is 3.18. The molecule has 0 spiro atoms. The van der Waals surface area contributed by atoms with E-state index in [0.717, 1.165) is 0 Å². The average molecular weight is 235 g/mol. The van der Waals surface area contributed by atoms with Gasteiger partial charge in [-0.2, -0.15) is 5.26 Å². The number of benzene rings is 1. The number of nitro groups is 1. The van der Waals surface area contributed by atoms with Crippen LogP contribution in [0, 0.1) is 21.4 Å². The van der Waals surface area contributed by atoms with Crippen molar-refractivity contribution in [2.24, 2.45) is 0 Å². The van der Waals surface area contributed by atoms with Gasteiger partial charge in [-0.1, -0.05) is 0 Å². The van der Waals surface area contributed by atoms with Gasteiger partial charge in [0.05, 0.1) is 22.8 Å². The van der Waals surface area contributed by atoms with Crippen LogP contribution < -0.4 is 4.90 Å². The zero-order valence-electron chi connectivity index (χ0n) is 9.62. The molecule has 0 heterocycles. The fourth-order valence-electron chi connectivity index (χ4n) is 1.39. The van der Waals surface area contributed by atoms with E-state index >= 15 is 0 Å². The van der Waals surface area contributed by atoms with E-state index in [1.165, 1.54) is 18.2 Å². The van der Waals surface area contributed by atoms with Gasteiger partial charge in [-0.3, -0.25) is 10.1 Å². The van der Waals surface area contributed by atoms with E-state index in [0.29, 0.717) is 5.69 Å². The van der Waals surface area contributed by atoms with Gasteiger partial charge in [0.2, 0.25) is 0 Å². The smallest absolute Gasteiger partial charge is 0.270 e. The van der Waals surface area contributed by atoms with Crippen molar-refractivity contribution in [1.82, 2.24) is 0 Å². The van der Waals surface area contributed by atoms with Gasteiger partial charge in [-0.25, -0.2) is 0 Å². The lowest BCUT2D eigenvalue weighted by Crippen LogP contribution is -2.32. The zero-order chi connectivity index (χ0) is 13.0. The van der Waals surface area contributed by atoms with Crippen LogP contribution in [0.15, 0.2) is 18.2 Å². The van der Waals surface area contributed by atoms with Crippen LogP contribution in [0.2, 0.25) is 0 Å². The molecule has 1 aromatic rings. The van der Waals surface area contributed by atoms with Crippen LogP contribution in [0.1, 0.15) is 12.5 Å². The van der Waals surface area contributed by atoms with Crippen molar-refractivity contribution in [1.29, 1.82) is 5.26 Å². The van der Waals surface area contributed by atoms with Gasteiger partial charge in [-0.05, 0) is 13.0 Å². The number of aliphatic hydroxyl groups is 1. The Morgan fingerprint density at radius 2 is 2.29 bits per heavy atom. The van der Waals surface area contributed by atoms with Gasteiger partial charge in [0.1, 0.15) is 6.07 Å². The second kappa shape index (κ2) is 5.27. The molecule has 6 nitrogen and oxygen atoms in total. The molecule has 0 radical (unpaired) electrons. The first-order chi connectivity index (χ1) is 8.01. The SMILES string of the molecule is CC(CO)N(C)c1ccc([N+](=O)[O-])cc1C#N. The number of nitro benzene ring substituents is 1. The molecule has 0 aliphatic rings. The van der Waals surface area contributed by atoms with E-state index in [-0.39, 0.29) is 23.9 Å². The molecule has 0 amide bonds. The molecule has 0 saturated heterocycles. The first kappa shape index (κ1) is 12.9.